The van der Waals surface area contributed by atoms with E-state index in [0.717, 1.165) is 17.7 Å². The minimum atomic E-state index is -4.61. The van der Waals surface area contributed by atoms with Crippen LogP contribution in [-0.4, -0.2) is 89.2 Å². The summed E-state index contributed by atoms with van der Waals surface area (Å²) in [5, 5.41) is 15.6. The van der Waals surface area contributed by atoms with Crippen LogP contribution in [0, 0.1) is 0 Å². The number of hydrazine groups is 1. The fraction of sp³-hybridized carbons (Fsp3) is 0.382. The highest BCUT2D eigenvalue weighted by atomic mass is 19.4. The fourth-order valence-electron chi connectivity index (χ4n) is 6.00. The molecule has 4 amide bonds. The van der Waals surface area contributed by atoms with Crippen molar-refractivity contribution in [1.82, 2.24) is 25.1 Å². The van der Waals surface area contributed by atoms with Crippen LogP contribution in [0.2, 0.25) is 0 Å². The normalized spacial score (nSPS) is 19.2. The summed E-state index contributed by atoms with van der Waals surface area (Å²) in [5.41, 5.74) is 1.26. The zero-order valence-corrected chi connectivity index (χ0v) is 26.0. The largest absolute Gasteiger partial charge is 0.508 e. The quantitative estimate of drug-likeness (QED) is 0.378. The van der Waals surface area contributed by atoms with Crippen molar-refractivity contribution in [2.24, 2.45) is 0 Å². The smallest absolute Gasteiger partial charge is 0.416 e. The Bertz CT molecular complexity index is 1580. The lowest BCUT2D eigenvalue weighted by Crippen LogP contribution is -2.76. The molecule has 252 valence electrons. The Balaban J connectivity index is 0.00000500. The molecule has 10 nitrogen and oxygen atoms in total. The second-order valence-corrected chi connectivity index (χ2v) is 11.8. The van der Waals surface area contributed by atoms with Crippen LogP contribution < -0.4 is 10.2 Å². The van der Waals surface area contributed by atoms with Crippen LogP contribution in [0.25, 0.3) is 0 Å². The van der Waals surface area contributed by atoms with Crippen LogP contribution in [0.15, 0.2) is 72.8 Å². The topological polar surface area (TPSA) is 99.7 Å². The van der Waals surface area contributed by atoms with Crippen molar-refractivity contribution in [1.29, 1.82) is 0 Å². The van der Waals surface area contributed by atoms with Gasteiger partial charge in [0, 0.05) is 39.8 Å². The molecule has 0 saturated carbocycles. The van der Waals surface area contributed by atoms with Crippen molar-refractivity contribution in [2.75, 3.05) is 39.1 Å². The molecule has 3 aromatic rings. The number of nitrogens with zero attached hydrogens (tertiary/aromatic N) is 5. The summed E-state index contributed by atoms with van der Waals surface area (Å²) in [6.07, 6.45) is -5.49. The number of likely N-dealkylation sites (N-methyl/N-ethyl adjacent to an activating group) is 1. The van der Waals surface area contributed by atoms with Gasteiger partial charge in [-0.05, 0) is 53.9 Å². The summed E-state index contributed by atoms with van der Waals surface area (Å²) < 4.78 is 41.9. The van der Waals surface area contributed by atoms with Gasteiger partial charge in [0.05, 0.1) is 24.7 Å². The summed E-state index contributed by atoms with van der Waals surface area (Å²) >= 11 is 0. The first kappa shape index (κ1) is 35.1. The molecule has 2 heterocycles. The van der Waals surface area contributed by atoms with Crippen LogP contribution >= 0.6 is 0 Å². The van der Waals surface area contributed by atoms with E-state index in [4.69, 9.17) is 0 Å². The Kier molecular flexibility index (Phi) is 10.4. The number of fused-ring (bicyclic) bond motifs is 1. The van der Waals surface area contributed by atoms with Gasteiger partial charge in [0.15, 0.2) is 0 Å². The molecule has 47 heavy (non-hydrogen) atoms. The van der Waals surface area contributed by atoms with Crippen LogP contribution in [0.1, 0.15) is 42.6 Å². The standard InChI is InChI=1S/C33H37F3N6O4.CH4/c1-21(24-15-25(33(34,35)36)17-26(16-24)38(2)3)40-19-29-41(28(31(40)45)14-22-10-12-27(43)13-11-22)30(44)20-39(4)42(29)32(46)37-18-23-8-6-5-7-9-23;/h5-13,15-17,21,28-29,43H,14,18-20H2,1-4H3,(H,37,46);1H4/t21?,28-,29-;/m0./s1. The molecule has 0 spiro atoms. The second-order valence-electron chi connectivity index (χ2n) is 11.8. The van der Waals surface area contributed by atoms with E-state index in [1.54, 1.807) is 51.2 Å². The number of phenolic OH excluding ortho intramolecular Hbond substituents is 1. The summed E-state index contributed by atoms with van der Waals surface area (Å²) in [4.78, 5) is 46.0. The zero-order chi connectivity index (χ0) is 33.3. The fourth-order valence-corrected chi connectivity index (χ4v) is 6.00. The third kappa shape index (κ3) is 7.46. The number of rotatable bonds is 7. The molecular formula is C34H41F3N6O4. The van der Waals surface area contributed by atoms with E-state index in [0.29, 0.717) is 11.3 Å². The molecule has 0 aromatic heterocycles. The number of urea groups is 1. The predicted octanol–water partition coefficient (Wildman–Crippen LogP) is 4.85. The predicted molar refractivity (Wildman–Crippen MR) is 172 cm³/mol. The molecule has 2 N–H and O–H groups in total. The van der Waals surface area contributed by atoms with Gasteiger partial charge in [0.25, 0.3) is 0 Å². The highest BCUT2D eigenvalue weighted by Crippen LogP contribution is 2.37. The van der Waals surface area contributed by atoms with Crippen molar-refractivity contribution in [2.45, 2.75) is 51.7 Å². The minimum absolute atomic E-state index is 0. The van der Waals surface area contributed by atoms with E-state index >= 15 is 0 Å². The van der Waals surface area contributed by atoms with E-state index in [1.165, 1.54) is 32.0 Å². The highest BCUT2D eigenvalue weighted by molar-refractivity contribution is 5.92. The van der Waals surface area contributed by atoms with Crippen LogP contribution in [0.5, 0.6) is 5.75 Å². The van der Waals surface area contributed by atoms with Crippen molar-refractivity contribution < 1.29 is 32.7 Å². The summed E-state index contributed by atoms with van der Waals surface area (Å²) in [5.74, 6) is -0.786. The number of nitrogens with one attached hydrogen (secondary N) is 1. The summed E-state index contributed by atoms with van der Waals surface area (Å²) in [6, 6.07) is 16.8. The maximum Gasteiger partial charge on any atom is 0.416 e. The molecule has 5 rings (SSSR count). The molecule has 1 unspecified atom stereocenters. The molecule has 13 heteroatoms. The molecular weight excluding hydrogens is 613 g/mol. The van der Waals surface area contributed by atoms with Gasteiger partial charge in [-0.25, -0.2) is 14.8 Å². The highest BCUT2D eigenvalue weighted by Gasteiger charge is 2.51. The Morgan fingerprint density at radius 1 is 1.02 bits per heavy atom. The Hall–Kier alpha value is -4.78. The first-order chi connectivity index (χ1) is 21.7. The third-order valence-electron chi connectivity index (χ3n) is 8.48. The van der Waals surface area contributed by atoms with Gasteiger partial charge in [0.2, 0.25) is 11.8 Å². The maximum atomic E-state index is 14.3. The van der Waals surface area contributed by atoms with Gasteiger partial charge >= 0.3 is 12.2 Å². The number of phenols is 1. The SMILES string of the molecule is C.CC(c1cc(N(C)C)cc(C(F)(F)F)c1)N1C[C@H]2N(C(=O)CN(C)N2C(=O)NCc2ccccc2)[C@@H](Cc2ccc(O)cc2)C1=O. The van der Waals surface area contributed by atoms with Gasteiger partial charge in [0.1, 0.15) is 18.0 Å². The number of anilines is 1. The molecule has 3 aromatic carbocycles. The minimum Gasteiger partial charge on any atom is -0.508 e. The lowest BCUT2D eigenvalue weighted by Gasteiger charge is -2.55. The number of piperazine rings is 1. The van der Waals surface area contributed by atoms with Crippen molar-refractivity contribution in [3.63, 3.8) is 0 Å². The van der Waals surface area contributed by atoms with E-state index < -0.39 is 41.9 Å². The first-order valence-electron chi connectivity index (χ1n) is 14.9. The molecule has 2 aliphatic rings. The zero-order valence-electron chi connectivity index (χ0n) is 26.0. The van der Waals surface area contributed by atoms with Crippen LogP contribution in [0.4, 0.5) is 23.7 Å². The number of carbonyl (C=O) groups is 3. The van der Waals surface area contributed by atoms with Crippen molar-refractivity contribution in [3.05, 3.63) is 95.1 Å². The van der Waals surface area contributed by atoms with Crippen LogP contribution in [0.3, 0.4) is 0 Å². The Morgan fingerprint density at radius 3 is 2.30 bits per heavy atom. The molecule has 2 fully saturated rings. The van der Waals surface area contributed by atoms with E-state index in [2.05, 4.69) is 5.32 Å². The Morgan fingerprint density at radius 2 is 1.68 bits per heavy atom. The molecule has 2 saturated heterocycles. The van der Waals surface area contributed by atoms with Crippen molar-refractivity contribution in [3.8, 4) is 5.75 Å². The monoisotopic (exact) mass is 654 g/mol. The number of benzene rings is 3. The number of alkyl halides is 3. The average molecular weight is 655 g/mol. The number of hydrogen-bond acceptors (Lipinski definition) is 6. The van der Waals surface area contributed by atoms with Gasteiger partial charge in [-0.2, -0.15) is 13.2 Å². The molecule has 3 atom stereocenters. The number of carbonyl (C=O) groups excluding carboxylic acids is 3. The number of amides is 4. The third-order valence-corrected chi connectivity index (χ3v) is 8.48. The van der Waals surface area contributed by atoms with Gasteiger partial charge < -0.3 is 25.1 Å². The van der Waals surface area contributed by atoms with Gasteiger partial charge in [-0.1, -0.05) is 49.9 Å². The number of hydrogen-bond donors (Lipinski definition) is 2. The van der Waals surface area contributed by atoms with Gasteiger partial charge in [-0.3, -0.25) is 9.59 Å². The van der Waals surface area contributed by atoms with Crippen molar-refractivity contribution >= 4 is 23.5 Å². The second kappa shape index (κ2) is 13.9. The molecule has 2 aliphatic heterocycles. The molecule has 0 bridgehead atoms. The number of halogens is 3. The average Bonchev–Trinajstić information content (AvgIpc) is 3.01. The summed E-state index contributed by atoms with van der Waals surface area (Å²) in [6.45, 7) is 1.57. The first-order valence-corrected chi connectivity index (χ1v) is 14.9. The maximum absolute atomic E-state index is 14.3. The molecule has 0 radical (unpaired) electrons. The summed E-state index contributed by atoms with van der Waals surface area (Å²) in [7, 11) is 4.88. The van der Waals surface area contributed by atoms with E-state index in [1.807, 2.05) is 30.3 Å². The number of aromatic hydroxyl groups is 1. The van der Waals surface area contributed by atoms with Crippen LogP contribution in [-0.2, 0) is 28.7 Å². The van der Waals surface area contributed by atoms with Gasteiger partial charge in [-0.15, -0.1) is 0 Å². The lowest BCUT2D eigenvalue weighted by atomic mass is 9.95. The molecule has 0 aliphatic carbocycles. The van der Waals surface area contributed by atoms with E-state index in [-0.39, 0.29) is 50.7 Å². The van der Waals surface area contributed by atoms with E-state index in [9.17, 15) is 32.7 Å². The lowest BCUT2D eigenvalue weighted by molar-refractivity contribution is -0.189. The Labute approximate surface area is 272 Å².